The molecule has 0 aromatic heterocycles. The molecule has 1 atom stereocenters. The van der Waals surface area contributed by atoms with Crippen molar-refractivity contribution in [2.75, 3.05) is 13.2 Å². The van der Waals surface area contributed by atoms with Crippen molar-refractivity contribution in [2.24, 2.45) is 17.8 Å². The van der Waals surface area contributed by atoms with Crippen molar-refractivity contribution in [2.45, 2.75) is 27.7 Å². The highest BCUT2D eigenvalue weighted by Gasteiger charge is 2.20. The minimum Gasteiger partial charge on any atom is -0.396 e. The van der Waals surface area contributed by atoms with E-state index in [2.05, 4.69) is 5.32 Å². The van der Waals surface area contributed by atoms with E-state index in [0.717, 1.165) is 0 Å². The van der Waals surface area contributed by atoms with Gasteiger partial charge in [0.05, 0.1) is 12.5 Å². The van der Waals surface area contributed by atoms with Crippen LogP contribution >= 0.6 is 0 Å². The number of nitrogens with one attached hydrogen (secondary N) is 1. The van der Waals surface area contributed by atoms with Crippen LogP contribution in [0.5, 0.6) is 0 Å². The molecule has 1 unspecified atom stereocenters. The maximum Gasteiger partial charge on any atom is 0.225 e. The lowest BCUT2D eigenvalue weighted by Gasteiger charge is -2.18. The third kappa shape index (κ3) is 4.88. The summed E-state index contributed by atoms with van der Waals surface area (Å²) in [4.78, 5) is 11.4. The Morgan fingerprint density at radius 3 is 2.15 bits per heavy atom. The molecule has 0 aromatic carbocycles. The average molecular weight is 187 g/mol. The summed E-state index contributed by atoms with van der Waals surface area (Å²) in [6, 6.07) is 0. The highest BCUT2D eigenvalue weighted by molar-refractivity contribution is 5.78. The highest BCUT2D eigenvalue weighted by atomic mass is 16.3. The van der Waals surface area contributed by atoms with Crippen LogP contribution in [0.1, 0.15) is 27.7 Å². The topological polar surface area (TPSA) is 49.3 Å². The van der Waals surface area contributed by atoms with Gasteiger partial charge in [0, 0.05) is 6.54 Å². The number of hydrogen-bond acceptors (Lipinski definition) is 2. The average Bonchev–Trinajstić information content (AvgIpc) is 2.01. The molecule has 0 aromatic rings. The summed E-state index contributed by atoms with van der Waals surface area (Å²) in [5, 5.41) is 11.8. The molecule has 0 aliphatic rings. The smallest absolute Gasteiger partial charge is 0.225 e. The Kier molecular flexibility index (Phi) is 5.71. The van der Waals surface area contributed by atoms with Crippen molar-refractivity contribution in [3.63, 3.8) is 0 Å². The van der Waals surface area contributed by atoms with Gasteiger partial charge in [0.1, 0.15) is 0 Å². The molecule has 2 N–H and O–H groups in total. The Balaban J connectivity index is 3.92. The molecule has 13 heavy (non-hydrogen) atoms. The van der Waals surface area contributed by atoms with Gasteiger partial charge in [-0.25, -0.2) is 0 Å². The number of aliphatic hydroxyl groups excluding tert-OH is 1. The van der Waals surface area contributed by atoms with Crippen molar-refractivity contribution < 1.29 is 9.90 Å². The molecule has 0 rings (SSSR count). The maximum atomic E-state index is 11.4. The van der Waals surface area contributed by atoms with Gasteiger partial charge in [0.2, 0.25) is 5.91 Å². The summed E-state index contributed by atoms with van der Waals surface area (Å²) in [5.74, 6) is 0.345. The van der Waals surface area contributed by atoms with E-state index < -0.39 is 0 Å². The standard InChI is InChI=1S/C10H21NO2/c1-7(2)5-11-10(13)9(6-12)8(3)4/h7-9,12H,5-6H2,1-4H3,(H,11,13). The Morgan fingerprint density at radius 2 is 1.85 bits per heavy atom. The monoisotopic (exact) mass is 187 g/mol. The number of hydrogen-bond donors (Lipinski definition) is 2. The van der Waals surface area contributed by atoms with Crippen LogP contribution in [0, 0.1) is 17.8 Å². The Morgan fingerprint density at radius 1 is 1.31 bits per heavy atom. The molecule has 78 valence electrons. The van der Waals surface area contributed by atoms with Crippen LogP contribution < -0.4 is 5.32 Å². The summed E-state index contributed by atoms with van der Waals surface area (Å²) in [7, 11) is 0. The van der Waals surface area contributed by atoms with Crippen LogP contribution in [0.25, 0.3) is 0 Å². The quantitative estimate of drug-likeness (QED) is 0.675. The number of amides is 1. The molecule has 0 heterocycles. The molecule has 0 fully saturated rings. The summed E-state index contributed by atoms with van der Waals surface area (Å²) < 4.78 is 0. The number of rotatable bonds is 5. The van der Waals surface area contributed by atoms with Crippen LogP contribution in [0.15, 0.2) is 0 Å². The normalized spacial score (nSPS) is 13.5. The molecular formula is C10H21NO2. The zero-order valence-electron chi connectivity index (χ0n) is 9.00. The maximum absolute atomic E-state index is 11.4. The fraction of sp³-hybridized carbons (Fsp3) is 0.900. The van der Waals surface area contributed by atoms with Crippen LogP contribution in [0.4, 0.5) is 0 Å². The summed E-state index contributed by atoms with van der Waals surface area (Å²) in [6.07, 6.45) is 0. The van der Waals surface area contributed by atoms with Gasteiger partial charge in [0.15, 0.2) is 0 Å². The van der Waals surface area contributed by atoms with Crippen LogP contribution in [-0.2, 0) is 4.79 Å². The van der Waals surface area contributed by atoms with Crippen molar-refractivity contribution in [3.05, 3.63) is 0 Å². The Labute approximate surface area is 80.5 Å². The van der Waals surface area contributed by atoms with Crippen molar-refractivity contribution in [3.8, 4) is 0 Å². The zero-order valence-corrected chi connectivity index (χ0v) is 9.00. The first-order chi connectivity index (χ1) is 5.99. The fourth-order valence-electron chi connectivity index (χ4n) is 1.03. The highest BCUT2D eigenvalue weighted by Crippen LogP contribution is 2.09. The predicted octanol–water partition coefficient (Wildman–Crippen LogP) is 1.02. The van der Waals surface area contributed by atoms with E-state index in [-0.39, 0.29) is 24.3 Å². The predicted molar refractivity (Wildman–Crippen MR) is 53.3 cm³/mol. The molecule has 0 bridgehead atoms. The molecule has 0 radical (unpaired) electrons. The van der Waals surface area contributed by atoms with Crippen molar-refractivity contribution in [1.82, 2.24) is 5.32 Å². The Bertz CT molecular complexity index is 155. The lowest BCUT2D eigenvalue weighted by molar-refractivity contribution is -0.127. The van der Waals surface area contributed by atoms with Gasteiger partial charge >= 0.3 is 0 Å². The van der Waals surface area contributed by atoms with E-state index in [9.17, 15) is 4.79 Å². The second-order valence-electron chi connectivity index (χ2n) is 4.17. The van der Waals surface area contributed by atoms with Gasteiger partial charge in [0.25, 0.3) is 0 Å². The molecule has 0 saturated carbocycles. The third-order valence-corrected chi connectivity index (χ3v) is 2.02. The minimum absolute atomic E-state index is 0.0359. The summed E-state index contributed by atoms with van der Waals surface area (Å²) in [6.45, 7) is 8.59. The molecule has 1 amide bonds. The molecule has 0 saturated heterocycles. The van der Waals surface area contributed by atoms with Gasteiger partial charge in [-0.15, -0.1) is 0 Å². The lowest BCUT2D eigenvalue weighted by Crippen LogP contribution is -2.37. The molecule has 0 aliphatic heterocycles. The van der Waals surface area contributed by atoms with E-state index in [1.807, 2.05) is 27.7 Å². The number of aliphatic hydroxyl groups is 1. The van der Waals surface area contributed by atoms with E-state index in [1.165, 1.54) is 0 Å². The lowest BCUT2D eigenvalue weighted by atomic mass is 9.96. The van der Waals surface area contributed by atoms with E-state index in [0.29, 0.717) is 12.5 Å². The van der Waals surface area contributed by atoms with Gasteiger partial charge in [-0.1, -0.05) is 27.7 Å². The van der Waals surface area contributed by atoms with Gasteiger partial charge in [-0.2, -0.15) is 0 Å². The molecule has 0 spiro atoms. The largest absolute Gasteiger partial charge is 0.396 e. The van der Waals surface area contributed by atoms with E-state index in [1.54, 1.807) is 0 Å². The number of carbonyl (C=O) groups is 1. The Hall–Kier alpha value is -0.570. The third-order valence-electron chi connectivity index (χ3n) is 2.02. The number of carbonyl (C=O) groups excluding carboxylic acids is 1. The molecular weight excluding hydrogens is 166 g/mol. The molecule has 3 nitrogen and oxygen atoms in total. The second-order valence-corrected chi connectivity index (χ2v) is 4.17. The van der Waals surface area contributed by atoms with Crippen LogP contribution in [-0.4, -0.2) is 24.2 Å². The first-order valence-corrected chi connectivity index (χ1v) is 4.87. The van der Waals surface area contributed by atoms with Crippen molar-refractivity contribution in [1.29, 1.82) is 0 Å². The molecule has 3 heteroatoms. The van der Waals surface area contributed by atoms with Gasteiger partial charge in [-0.3, -0.25) is 4.79 Å². The zero-order chi connectivity index (χ0) is 10.4. The van der Waals surface area contributed by atoms with E-state index in [4.69, 9.17) is 5.11 Å². The van der Waals surface area contributed by atoms with Crippen molar-refractivity contribution >= 4 is 5.91 Å². The van der Waals surface area contributed by atoms with Gasteiger partial charge in [-0.05, 0) is 11.8 Å². The van der Waals surface area contributed by atoms with Crippen LogP contribution in [0.2, 0.25) is 0 Å². The van der Waals surface area contributed by atoms with E-state index >= 15 is 0 Å². The minimum atomic E-state index is -0.265. The second kappa shape index (κ2) is 5.97. The molecule has 0 aliphatic carbocycles. The first kappa shape index (κ1) is 12.4. The summed E-state index contributed by atoms with van der Waals surface area (Å²) in [5.41, 5.74) is 0. The first-order valence-electron chi connectivity index (χ1n) is 4.87. The van der Waals surface area contributed by atoms with Crippen LogP contribution in [0.3, 0.4) is 0 Å². The summed E-state index contributed by atoms with van der Waals surface area (Å²) >= 11 is 0. The van der Waals surface area contributed by atoms with Gasteiger partial charge < -0.3 is 10.4 Å². The SMILES string of the molecule is CC(C)CNC(=O)C(CO)C(C)C. The fourth-order valence-corrected chi connectivity index (χ4v) is 1.03.